The van der Waals surface area contributed by atoms with Crippen molar-refractivity contribution in [2.45, 2.75) is 80.1 Å². The molecule has 0 unspecified atom stereocenters. The fourth-order valence-electron chi connectivity index (χ4n) is 5.37. The maximum Gasteiger partial charge on any atom is 0.226 e. The normalized spacial score (nSPS) is 11.9. The van der Waals surface area contributed by atoms with Gasteiger partial charge in [0.05, 0.1) is 5.69 Å². The van der Waals surface area contributed by atoms with Gasteiger partial charge in [0.15, 0.2) is 0 Å². The molecule has 47 heavy (non-hydrogen) atoms. The van der Waals surface area contributed by atoms with E-state index in [1.807, 2.05) is 30.5 Å². The van der Waals surface area contributed by atoms with Crippen molar-refractivity contribution in [2.24, 2.45) is 11.8 Å². The quantitative estimate of drug-likeness (QED) is 0.191. The molecule has 0 amide bonds. The summed E-state index contributed by atoms with van der Waals surface area (Å²) in [5.41, 5.74) is 7.64. The first-order chi connectivity index (χ1) is 22.6. The van der Waals surface area contributed by atoms with Crippen molar-refractivity contribution in [1.82, 2.24) is 9.97 Å². The lowest BCUT2D eigenvalue weighted by molar-refractivity contribution is 0.514. The van der Waals surface area contributed by atoms with Crippen LogP contribution in [-0.4, -0.2) is 9.97 Å². The number of fused-ring (bicyclic) bond motifs is 3. The molecule has 0 atom stereocenters. The monoisotopic (exact) mass is 624 g/mol. The summed E-state index contributed by atoms with van der Waals surface area (Å²) in [6, 6.07) is 35.9. The summed E-state index contributed by atoms with van der Waals surface area (Å²) in [5, 5.41) is 3.75. The minimum atomic E-state index is 0.430. The summed E-state index contributed by atoms with van der Waals surface area (Å²) in [5.74, 6) is 3.47. The topological polar surface area (TPSA) is 38.9 Å². The first-order valence-electron chi connectivity index (χ1n) is 17.1. The van der Waals surface area contributed by atoms with E-state index in [4.69, 9.17) is 4.42 Å². The molecule has 6 aromatic rings. The van der Waals surface area contributed by atoms with Crippen LogP contribution in [0.5, 0.6) is 0 Å². The van der Waals surface area contributed by atoms with Crippen LogP contribution in [0.4, 0.5) is 0 Å². The van der Waals surface area contributed by atoms with Gasteiger partial charge < -0.3 is 4.42 Å². The van der Waals surface area contributed by atoms with E-state index >= 15 is 0 Å². The third-order valence-electron chi connectivity index (χ3n) is 8.19. The zero-order valence-corrected chi connectivity index (χ0v) is 29.6. The van der Waals surface area contributed by atoms with Crippen LogP contribution in [0.25, 0.3) is 27.9 Å². The van der Waals surface area contributed by atoms with Crippen LogP contribution in [0.2, 0.25) is 0 Å². The lowest BCUT2D eigenvalue weighted by atomic mass is 9.99. The number of furan rings is 1. The molecule has 0 spiro atoms. The van der Waals surface area contributed by atoms with Gasteiger partial charge in [-0.15, -0.1) is 0 Å². The summed E-state index contributed by atoms with van der Waals surface area (Å²) >= 11 is 0. The number of hydrogen-bond donors (Lipinski definition) is 0. The molecule has 0 aliphatic heterocycles. The van der Waals surface area contributed by atoms with Crippen LogP contribution < -0.4 is 0 Å². The fourth-order valence-corrected chi connectivity index (χ4v) is 5.37. The molecule has 0 N–H and O–H groups in total. The summed E-state index contributed by atoms with van der Waals surface area (Å²) in [6.45, 7) is 17.6. The molecule has 3 nitrogen and oxygen atoms in total. The Balaban J connectivity index is 0.000000142. The average molecular weight is 625 g/mol. The van der Waals surface area contributed by atoms with Gasteiger partial charge in [-0.05, 0) is 75.9 Å². The Morgan fingerprint density at radius 3 is 1.89 bits per heavy atom. The van der Waals surface area contributed by atoms with Crippen molar-refractivity contribution < 1.29 is 4.42 Å². The maximum atomic E-state index is 5.52. The van der Waals surface area contributed by atoms with Gasteiger partial charge in [-0.25, -0.2) is 4.98 Å². The van der Waals surface area contributed by atoms with Crippen LogP contribution in [-0.2, 0) is 12.8 Å². The number of allylic oxidation sites excluding steroid dienone is 1. The molecule has 0 fully saturated rings. The number of benzene rings is 3. The molecule has 244 valence electrons. The minimum absolute atomic E-state index is 0.430. The van der Waals surface area contributed by atoms with Crippen molar-refractivity contribution in [3.05, 3.63) is 149 Å². The van der Waals surface area contributed by atoms with Crippen LogP contribution >= 0.6 is 0 Å². The molecule has 0 saturated heterocycles. The van der Waals surface area contributed by atoms with Gasteiger partial charge in [-0.3, -0.25) is 4.98 Å². The van der Waals surface area contributed by atoms with E-state index in [0.29, 0.717) is 17.8 Å². The molecule has 3 heteroatoms. The smallest absolute Gasteiger partial charge is 0.226 e. The summed E-state index contributed by atoms with van der Waals surface area (Å²) < 4.78 is 5.52. The van der Waals surface area contributed by atoms with E-state index in [-0.39, 0.29) is 0 Å². The summed E-state index contributed by atoms with van der Waals surface area (Å²) in [7, 11) is 0. The molecule has 3 aromatic heterocycles. The highest BCUT2D eigenvalue weighted by atomic mass is 16.3. The zero-order chi connectivity index (χ0) is 33.8. The van der Waals surface area contributed by atoms with E-state index in [1.165, 1.54) is 45.2 Å². The molecule has 7 rings (SSSR count). The van der Waals surface area contributed by atoms with Crippen molar-refractivity contribution >= 4 is 27.9 Å². The van der Waals surface area contributed by atoms with Crippen molar-refractivity contribution in [2.75, 3.05) is 0 Å². The van der Waals surface area contributed by atoms with Gasteiger partial charge in [-0.2, -0.15) is 0 Å². The summed E-state index contributed by atoms with van der Waals surface area (Å²) in [6.07, 6.45) is 8.13. The number of hydrogen-bond acceptors (Lipinski definition) is 3. The Bertz CT molecular complexity index is 1810. The van der Waals surface area contributed by atoms with Crippen molar-refractivity contribution in [1.29, 1.82) is 0 Å². The molecule has 1 aliphatic rings. The van der Waals surface area contributed by atoms with E-state index < -0.39 is 0 Å². The van der Waals surface area contributed by atoms with Crippen LogP contribution in [0, 0.1) is 11.8 Å². The number of aromatic nitrogens is 2. The minimum Gasteiger partial charge on any atom is -0.443 e. The first-order valence-corrected chi connectivity index (χ1v) is 17.1. The Labute approximate surface area is 282 Å². The largest absolute Gasteiger partial charge is 0.443 e. The Morgan fingerprint density at radius 2 is 1.26 bits per heavy atom. The SMILES string of the molecule is CC(C)C1=Cc2cccnc2C1.CC(C)Cc1ccccc1.CC(C)c1cc2cccnc2o1.CC(C)c1ccc2ccccc2c1. The number of nitrogens with zero attached hydrogens (tertiary/aromatic N) is 2. The fraction of sp³-hybridized carbons (Fsp3) is 0.318. The molecule has 0 saturated carbocycles. The van der Waals surface area contributed by atoms with E-state index in [0.717, 1.165) is 29.2 Å². The third-order valence-corrected chi connectivity index (χ3v) is 8.19. The second-order valence-electron chi connectivity index (χ2n) is 13.6. The molecule has 0 bridgehead atoms. The van der Waals surface area contributed by atoms with E-state index in [1.54, 1.807) is 6.20 Å². The maximum absolute atomic E-state index is 5.52. The molecule has 0 radical (unpaired) electrons. The van der Waals surface area contributed by atoms with Crippen molar-refractivity contribution in [3.63, 3.8) is 0 Å². The highest BCUT2D eigenvalue weighted by molar-refractivity contribution is 5.83. The first kappa shape index (κ1) is 35.4. The van der Waals surface area contributed by atoms with Crippen LogP contribution in [0.3, 0.4) is 0 Å². The molecule has 3 heterocycles. The average Bonchev–Trinajstić information content (AvgIpc) is 3.71. The second kappa shape index (κ2) is 17.4. The Kier molecular flexibility index (Phi) is 13.1. The molecule has 3 aromatic carbocycles. The van der Waals surface area contributed by atoms with Gasteiger partial charge in [0, 0.05) is 30.1 Å². The van der Waals surface area contributed by atoms with Gasteiger partial charge in [0.1, 0.15) is 5.76 Å². The number of rotatable bonds is 5. The van der Waals surface area contributed by atoms with E-state index in [2.05, 4.69) is 150 Å². The predicted octanol–water partition coefficient (Wildman–Crippen LogP) is 12.5. The van der Waals surface area contributed by atoms with Gasteiger partial charge in [0.25, 0.3) is 0 Å². The molecular weight excluding hydrogens is 572 g/mol. The predicted molar refractivity (Wildman–Crippen MR) is 202 cm³/mol. The van der Waals surface area contributed by atoms with Crippen LogP contribution in [0.15, 0.2) is 126 Å². The zero-order valence-electron chi connectivity index (χ0n) is 29.6. The van der Waals surface area contributed by atoms with Crippen LogP contribution in [0.1, 0.15) is 95.4 Å². The highest BCUT2D eigenvalue weighted by Gasteiger charge is 2.14. The van der Waals surface area contributed by atoms with Gasteiger partial charge >= 0.3 is 0 Å². The van der Waals surface area contributed by atoms with Gasteiger partial charge in [-0.1, -0.05) is 146 Å². The lowest BCUT2D eigenvalue weighted by Crippen LogP contribution is -1.94. The van der Waals surface area contributed by atoms with Crippen molar-refractivity contribution in [3.8, 4) is 0 Å². The highest BCUT2D eigenvalue weighted by Crippen LogP contribution is 2.27. The number of pyridine rings is 2. The third kappa shape index (κ3) is 10.8. The lowest BCUT2D eigenvalue weighted by Gasteiger charge is -2.06. The van der Waals surface area contributed by atoms with Gasteiger partial charge in [0.2, 0.25) is 5.71 Å². The Hall–Kier alpha value is -4.50. The Morgan fingerprint density at radius 1 is 0.596 bits per heavy atom. The van der Waals surface area contributed by atoms with E-state index in [9.17, 15) is 0 Å². The molecular formula is C44H52N2O. The molecule has 1 aliphatic carbocycles. The summed E-state index contributed by atoms with van der Waals surface area (Å²) in [4.78, 5) is 8.46. The second-order valence-corrected chi connectivity index (χ2v) is 13.6. The standard InChI is InChI=1S/C13H14.C11H13N.C10H11NO.C10H14/c1-10(2)12-8-7-11-5-3-4-6-13(11)9-12;1-8(2)10-6-9-4-3-5-12-11(9)7-10;1-7(2)9-6-8-4-3-5-11-10(8)12-9;1-9(2)8-10-6-4-3-5-7-10/h3-10H,1-2H3;3-6,8H,7H2,1-2H3;3-7H,1-2H3;3-7,9H,8H2,1-2H3.